The molecule has 0 fully saturated rings. The third kappa shape index (κ3) is 4.99. The molecule has 0 spiro atoms. The molecular formula is C31H33FN2O5. The first-order valence-corrected chi connectivity index (χ1v) is 13.3. The summed E-state index contributed by atoms with van der Waals surface area (Å²) >= 11 is 0. The van der Waals surface area contributed by atoms with Crippen molar-refractivity contribution in [2.45, 2.75) is 33.2 Å². The lowest BCUT2D eigenvalue weighted by atomic mass is 9.91. The molecule has 1 aromatic heterocycles. The Kier molecular flexibility index (Phi) is 7.63. The molecule has 1 aliphatic heterocycles. The van der Waals surface area contributed by atoms with Crippen LogP contribution in [0.2, 0.25) is 0 Å². The van der Waals surface area contributed by atoms with Gasteiger partial charge >= 0.3 is 0 Å². The number of carbonyl (C=O) groups is 1. The van der Waals surface area contributed by atoms with E-state index in [4.69, 9.17) is 18.9 Å². The lowest BCUT2D eigenvalue weighted by molar-refractivity contribution is 0.0691. The monoisotopic (exact) mass is 532 g/mol. The Hall–Kier alpha value is -4.20. The number of hydrogen-bond donors (Lipinski definition) is 1. The Balaban J connectivity index is 1.63. The second-order valence-corrected chi connectivity index (χ2v) is 9.23. The van der Waals surface area contributed by atoms with E-state index in [0.29, 0.717) is 55.6 Å². The van der Waals surface area contributed by atoms with E-state index in [9.17, 15) is 9.18 Å². The number of methoxy groups -OCH3 is 1. The second-order valence-electron chi connectivity index (χ2n) is 9.23. The van der Waals surface area contributed by atoms with Crippen LogP contribution in [0.15, 0.2) is 54.6 Å². The van der Waals surface area contributed by atoms with Crippen molar-refractivity contribution < 1.29 is 28.1 Å². The van der Waals surface area contributed by atoms with Crippen molar-refractivity contribution in [3.05, 3.63) is 82.8 Å². The van der Waals surface area contributed by atoms with E-state index >= 15 is 0 Å². The lowest BCUT2D eigenvalue weighted by Gasteiger charge is -2.36. The number of aromatic amines is 1. The van der Waals surface area contributed by atoms with Crippen LogP contribution in [-0.2, 0) is 6.42 Å². The van der Waals surface area contributed by atoms with Gasteiger partial charge in [0.15, 0.2) is 11.5 Å². The third-order valence-electron chi connectivity index (χ3n) is 6.94. The van der Waals surface area contributed by atoms with Crippen LogP contribution in [0.1, 0.15) is 54.0 Å². The number of halogens is 1. The molecule has 1 amide bonds. The molecule has 3 aromatic carbocycles. The van der Waals surface area contributed by atoms with Gasteiger partial charge < -0.3 is 28.8 Å². The van der Waals surface area contributed by atoms with Gasteiger partial charge in [-0.15, -0.1) is 0 Å². The average Bonchev–Trinajstić information content (AvgIpc) is 3.32. The van der Waals surface area contributed by atoms with Gasteiger partial charge in [0, 0.05) is 28.7 Å². The second kappa shape index (κ2) is 11.3. The molecule has 0 unspecified atom stereocenters. The minimum Gasteiger partial charge on any atom is -0.497 e. The highest BCUT2D eigenvalue weighted by Gasteiger charge is 2.36. The largest absolute Gasteiger partial charge is 0.497 e. The first-order valence-electron chi connectivity index (χ1n) is 13.3. The minimum absolute atomic E-state index is 0.184. The van der Waals surface area contributed by atoms with E-state index < -0.39 is 6.04 Å². The Morgan fingerprint density at radius 2 is 1.62 bits per heavy atom. The fourth-order valence-electron chi connectivity index (χ4n) is 5.28. The number of hydrogen-bond acceptors (Lipinski definition) is 5. The highest BCUT2D eigenvalue weighted by Crippen LogP contribution is 2.43. The summed E-state index contributed by atoms with van der Waals surface area (Å²) in [6.07, 6.45) is 0.652. The Bertz CT molecular complexity index is 1450. The predicted molar refractivity (Wildman–Crippen MR) is 148 cm³/mol. The van der Waals surface area contributed by atoms with Gasteiger partial charge in [-0.3, -0.25) is 4.79 Å². The summed E-state index contributed by atoms with van der Waals surface area (Å²) in [6.45, 7) is 7.37. The molecule has 39 heavy (non-hydrogen) atoms. The number of nitrogens with one attached hydrogen (secondary N) is 1. The van der Waals surface area contributed by atoms with E-state index in [-0.39, 0.29) is 11.7 Å². The Labute approximate surface area is 227 Å². The molecule has 1 N–H and O–H groups in total. The molecular weight excluding hydrogens is 499 g/mol. The molecule has 4 aromatic rings. The summed E-state index contributed by atoms with van der Waals surface area (Å²) in [6, 6.07) is 15.2. The van der Waals surface area contributed by atoms with Crippen LogP contribution < -0.4 is 18.9 Å². The zero-order chi connectivity index (χ0) is 27.5. The SMILES string of the molecule is CCOc1cc(C(=O)N2CCc3c([nH]c4ccc(OC)cc34)[C@H]2c2ccc(F)cc2)cc(OCC)c1OCC. The van der Waals surface area contributed by atoms with Gasteiger partial charge in [-0.2, -0.15) is 0 Å². The van der Waals surface area contributed by atoms with Crippen LogP contribution in [-0.4, -0.2) is 49.3 Å². The van der Waals surface area contributed by atoms with E-state index in [2.05, 4.69) is 4.98 Å². The molecule has 0 saturated carbocycles. The normalized spacial score (nSPS) is 14.7. The first-order chi connectivity index (χ1) is 19.0. The van der Waals surface area contributed by atoms with Crippen molar-refractivity contribution in [3.63, 3.8) is 0 Å². The molecule has 8 heteroatoms. The van der Waals surface area contributed by atoms with Crippen molar-refractivity contribution in [2.24, 2.45) is 0 Å². The molecule has 1 aliphatic rings. The average molecular weight is 533 g/mol. The summed E-state index contributed by atoms with van der Waals surface area (Å²) in [5.41, 5.74) is 4.23. The number of fused-ring (bicyclic) bond motifs is 3. The number of carbonyl (C=O) groups excluding carboxylic acids is 1. The van der Waals surface area contributed by atoms with E-state index in [0.717, 1.165) is 33.5 Å². The molecule has 2 heterocycles. The van der Waals surface area contributed by atoms with Gasteiger partial charge in [0.05, 0.1) is 33.0 Å². The Morgan fingerprint density at radius 3 is 2.23 bits per heavy atom. The number of rotatable bonds is 9. The van der Waals surface area contributed by atoms with Gasteiger partial charge in [-0.25, -0.2) is 4.39 Å². The fraction of sp³-hybridized carbons (Fsp3) is 0.323. The van der Waals surface area contributed by atoms with Crippen LogP contribution in [0.5, 0.6) is 23.0 Å². The van der Waals surface area contributed by atoms with Gasteiger partial charge in [0.1, 0.15) is 11.6 Å². The molecule has 1 atom stereocenters. The topological polar surface area (TPSA) is 73.0 Å². The standard InChI is InChI=1S/C31H33FN2O5/c1-5-37-26-16-20(17-27(38-6-2)30(26)39-7-3)31(35)34-15-14-23-24-18-22(36-4)12-13-25(24)33-28(23)29(34)19-8-10-21(32)11-9-19/h8-13,16-18,29,33H,5-7,14-15H2,1-4H3/t29-/m1/s1. The maximum Gasteiger partial charge on any atom is 0.254 e. The van der Waals surface area contributed by atoms with Crippen LogP contribution in [0.4, 0.5) is 4.39 Å². The van der Waals surface area contributed by atoms with Crippen LogP contribution in [0, 0.1) is 5.82 Å². The predicted octanol–water partition coefficient (Wildman–Crippen LogP) is 6.30. The quantitative estimate of drug-likeness (QED) is 0.274. The maximum atomic E-state index is 14.2. The number of benzene rings is 3. The highest BCUT2D eigenvalue weighted by molar-refractivity contribution is 5.97. The number of nitrogens with zero attached hydrogens (tertiary/aromatic N) is 1. The van der Waals surface area contributed by atoms with Gasteiger partial charge in [-0.05, 0) is 80.8 Å². The van der Waals surface area contributed by atoms with Crippen molar-refractivity contribution >= 4 is 16.8 Å². The minimum atomic E-state index is -0.446. The molecule has 204 valence electrons. The van der Waals surface area contributed by atoms with Crippen molar-refractivity contribution in [1.29, 1.82) is 0 Å². The number of amides is 1. The van der Waals surface area contributed by atoms with Crippen LogP contribution >= 0.6 is 0 Å². The number of H-pyrrole nitrogens is 1. The molecule has 0 radical (unpaired) electrons. The van der Waals surface area contributed by atoms with E-state index in [1.165, 1.54) is 12.1 Å². The summed E-state index contributed by atoms with van der Waals surface area (Å²) in [5, 5.41) is 1.06. The smallest absolute Gasteiger partial charge is 0.254 e. The summed E-state index contributed by atoms with van der Waals surface area (Å²) < 4.78 is 36.9. The van der Waals surface area contributed by atoms with Crippen molar-refractivity contribution in [2.75, 3.05) is 33.5 Å². The maximum absolute atomic E-state index is 14.2. The van der Waals surface area contributed by atoms with Gasteiger partial charge in [0.2, 0.25) is 5.75 Å². The molecule has 0 saturated heterocycles. The molecule has 0 bridgehead atoms. The number of ether oxygens (including phenoxy) is 4. The van der Waals surface area contributed by atoms with Gasteiger partial charge in [-0.1, -0.05) is 12.1 Å². The highest BCUT2D eigenvalue weighted by atomic mass is 19.1. The third-order valence-corrected chi connectivity index (χ3v) is 6.94. The van der Waals surface area contributed by atoms with Crippen molar-refractivity contribution in [1.82, 2.24) is 9.88 Å². The first kappa shape index (κ1) is 26.4. The number of aromatic nitrogens is 1. The van der Waals surface area contributed by atoms with Gasteiger partial charge in [0.25, 0.3) is 5.91 Å². The molecule has 5 rings (SSSR count). The van der Waals surface area contributed by atoms with Crippen LogP contribution in [0.3, 0.4) is 0 Å². The summed E-state index contributed by atoms with van der Waals surface area (Å²) in [4.78, 5) is 19.6. The Morgan fingerprint density at radius 1 is 0.949 bits per heavy atom. The van der Waals surface area contributed by atoms with Crippen molar-refractivity contribution in [3.8, 4) is 23.0 Å². The summed E-state index contributed by atoms with van der Waals surface area (Å²) in [5.74, 6) is 1.66. The van der Waals surface area contributed by atoms with E-state index in [1.807, 2.05) is 43.9 Å². The summed E-state index contributed by atoms with van der Waals surface area (Å²) in [7, 11) is 1.64. The zero-order valence-electron chi connectivity index (χ0n) is 22.7. The molecule has 7 nitrogen and oxygen atoms in total. The van der Waals surface area contributed by atoms with E-state index in [1.54, 1.807) is 31.4 Å². The van der Waals surface area contributed by atoms with Crippen LogP contribution in [0.25, 0.3) is 10.9 Å². The fourth-order valence-corrected chi connectivity index (χ4v) is 5.28. The lowest BCUT2D eigenvalue weighted by Crippen LogP contribution is -2.40. The zero-order valence-corrected chi connectivity index (χ0v) is 22.7. The molecule has 0 aliphatic carbocycles.